The number of ether oxygens (including phenoxy) is 1. The first-order valence-corrected chi connectivity index (χ1v) is 8.88. The highest BCUT2D eigenvalue weighted by atomic mass is 16.6. The molecule has 1 atom stereocenters. The molecule has 1 aliphatic heterocycles. The second-order valence-corrected chi connectivity index (χ2v) is 6.41. The van der Waals surface area contributed by atoms with Gasteiger partial charge in [0, 0.05) is 6.42 Å². The molecule has 0 N–H and O–H groups in total. The van der Waals surface area contributed by atoms with Crippen molar-refractivity contribution in [2.75, 3.05) is 32.8 Å². The Kier molecular flexibility index (Phi) is 9.21. The Morgan fingerprint density at radius 3 is 2.10 bits per heavy atom. The van der Waals surface area contributed by atoms with E-state index >= 15 is 0 Å². The van der Waals surface area contributed by atoms with Crippen LogP contribution in [0.25, 0.3) is 0 Å². The minimum absolute atomic E-state index is 0.557. The molecule has 0 bridgehead atoms. The maximum absolute atomic E-state index is 5.49. The van der Waals surface area contributed by atoms with Crippen molar-refractivity contribution in [1.29, 1.82) is 0 Å². The standard InChI is InChI=1S/C18H36NO/c1-4-7-8-9-10-11-12-15-19(13-5-2,14-6-3)16-18-17-20-18/h10-11,18H,4-9,12-17H2,1-3H3/q+1/b11-10+. The Labute approximate surface area is 126 Å². The number of quaternary nitrogens is 1. The van der Waals surface area contributed by atoms with Crippen molar-refractivity contribution >= 4 is 0 Å². The van der Waals surface area contributed by atoms with E-state index in [1.54, 1.807) is 0 Å². The van der Waals surface area contributed by atoms with Crippen LogP contribution in [0.1, 0.15) is 65.7 Å². The zero-order valence-electron chi connectivity index (χ0n) is 14.1. The molecule has 0 saturated carbocycles. The Morgan fingerprint density at radius 1 is 0.900 bits per heavy atom. The molecular weight excluding hydrogens is 246 g/mol. The first kappa shape index (κ1) is 17.7. The van der Waals surface area contributed by atoms with Crippen molar-refractivity contribution < 1.29 is 9.22 Å². The van der Waals surface area contributed by atoms with Crippen molar-refractivity contribution in [2.24, 2.45) is 0 Å². The van der Waals surface area contributed by atoms with Crippen LogP contribution in [0.2, 0.25) is 0 Å². The number of rotatable bonds is 13. The van der Waals surface area contributed by atoms with Gasteiger partial charge in [0.05, 0.1) is 26.2 Å². The number of hydrogen-bond donors (Lipinski definition) is 0. The molecular formula is C18H36NO+. The summed E-state index contributed by atoms with van der Waals surface area (Å²) in [5.41, 5.74) is 0. The number of nitrogens with zero attached hydrogens (tertiary/aromatic N) is 1. The van der Waals surface area contributed by atoms with Gasteiger partial charge in [0.1, 0.15) is 12.6 Å². The highest BCUT2D eigenvalue weighted by molar-refractivity contribution is 4.81. The maximum Gasteiger partial charge on any atom is 0.130 e. The SMILES string of the molecule is CCCCC/C=C/CC[N+](CCC)(CCC)CC1CO1. The lowest BCUT2D eigenvalue weighted by atomic mass is 10.1. The first-order chi connectivity index (χ1) is 9.76. The molecule has 118 valence electrons. The Hall–Kier alpha value is -0.340. The third kappa shape index (κ3) is 7.44. The summed E-state index contributed by atoms with van der Waals surface area (Å²) in [6.07, 6.45) is 14.5. The molecule has 1 rings (SSSR count). The van der Waals surface area contributed by atoms with Gasteiger partial charge in [-0.3, -0.25) is 0 Å². The van der Waals surface area contributed by atoms with E-state index in [-0.39, 0.29) is 0 Å². The molecule has 0 aromatic carbocycles. The van der Waals surface area contributed by atoms with Crippen LogP contribution >= 0.6 is 0 Å². The highest BCUT2D eigenvalue weighted by Gasteiger charge is 2.35. The normalized spacial score (nSPS) is 18.9. The van der Waals surface area contributed by atoms with E-state index in [1.165, 1.54) is 75.6 Å². The number of hydrogen-bond acceptors (Lipinski definition) is 1. The summed E-state index contributed by atoms with van der Waals surface area (Å²) in [5, 5.41) is 0. The van der Waals surface area contributed by atoms with Gasteiger partial charge in [0.2, 0.25) is 0 Å². The zero-order valence-corrected chi connectivity index (χ0v) is 14.1. The average molecular weight is 282 g/mol. The Morgan fingerprint density at radius 2 is 1.55 bits per heavy atom. The van der Waals surface area contributed by atoms with Crippen molar-refractivity contribution in [2.45, 2.75) is 71.8 Å². The van der Waals surface area contributed by atoms with Gasteiger partial charge in [0.15, 0.2) is 0 Å². The fourth-order valence-corrected chi connectivity index (χ4v) is 3.26. The van der Waals surface area contributed by atoms with Gasteiger partial charge < -0.3 is 9.22 Å². The monoisotopic (exact) mass is 282 g/mol. The lowest BCUT2D eigenvalue weighted by Gasteiger charge is -2.38. The van der Waals surface area contributed by atoms with Crippen molar-refractivity contribution in [3.8, 4) is 0 Å². The van der Waals surface area contributed by atoms with Crippen LogP contribution in [0, 0.1) is 0 Å². The number of epoxide rings is 1. The van der Waals surface area contributed by atoms with Crippen LogP contribution in [0.4, 0.5) is 0 Å². The molecule has 0 spiro atoms. The molecule has 2 heteroatoms. The smallest absolute Gasteiger partial charge is 0.130 e. The quantitative estimate of drug-likeness (QED) is 0.209. The molecule has 2 nitrogen and oxygen atoms in total. The molecule has 0 aliphatic carbocycles. The van der Waals surface area contributed by atoms with Crippen molar-refractivity contribution in [3.63, 3.8) is 0 Å². The van der Waals surface area contributed by atoms with E-state index in [2.05, 4.69) is 32.9 Å². The molecule has 1 aliphatic rings. The third-order valence-corrected chi connectivity index (χ3v) is 4.30. The Bertz CT molecular complexity index is 252. The first-order valence-electron chi connectivity index (χ1n) is 8.88. The van der Waals surface area contributed by atoms with Gasteiger partial charge in [0.25, 0.3) is 0 Å². The molecule has 20 heavy (non-hydrogen) atoms. The summed E-state index contributed by atoms with van der Waals surface area (Å²) < 4.78 is 6.77. The van der Waals surface area contributed by atoms with Crippen LogP contribution in [0.15, 0.2) is 12.2 Å². The minimum Gasteiger partial charge on any atom is -0.367 e. The van der Waals surface area contributed by atoms with Crippen LogP contribution in [-0.2, 0) is 4.74 Å². The van der Waals surface area contributed by atoms with Gasteiger partial charge in [-0.15, -0.1) is 0 Å². The topological polar surface area (TPSA) is 12.5 Å². The number of allylic oxidation sites excluding steroid dienone is 1. The lowest BCUT2D eigenvalue weighted by Crippen LogP contribution is -2.52. The van der Waals surface area contributed by atoms with E-state index in [0.29, 0.717) is 6.10 Å². The molecule has 0 aromatic heterocycles. The summed E-state index contributed by atoms with van der Waals surface area (Å²) in [5.74, 6) is 0. The second kappa shape index (κ2) is 10.4. The van der Waals surface area contributed by atoms with Gasteiger partial charge in [-0.25, -0.2) is 0 Å². The lowest BCUT2D eigenvalue weighted by molar-refractivity contribution is -0.928. The molecule has 0 aromatic rings. The van der Waals surface area contributed by atoms with Gasteiger partial charge >= 0.3 is 0 Å². The largest absolute Gasteiger partial charge is 0.367 e. The fraction of sp³-hybridized carbons (Fsp3) is 0.889. The van der Waals surface area contributed by atoms with E-state index in [4.69, 9.17) is 4.74 Å². The van der Waals surface area contributed by atoms with E-state index in [1.807, 2.05) is 0 Å². The summed E-state index contributed by atoms with van der Waals surface area (Å²) in [6.45, 7) is 13.1. The second-order valence-electron chi connectivity index (χ2n) is 6.41. The van der Waals surface area contributed by atoms with Crippen molar-refractivity contribution in [3.05, 3.63) is 12.2 Å². The van der Waals surface area contributed by atoms with Gasteiger partial charge in [-0.05, 0) is 25.7 Å². The summed E-state index contributed by atoms with van der Waals surface area (Å²) in [4.78, 5) is 0. The predicted molar refractivity (Wildman–Crippen MR) is 87.9 cm³/mol. The molecule has 1 heterocycles. The maximum atomic E-state index is 5.49. The van der Waals surface area contributed by atoms with Crippen molar-refractivity contribution in [1.82, 2.24) is 0 Å². The average Bonchev–Trinajstić information content (AvgIpc) is 3.22. The van der Waals surface area contributed by atoms with Crippen LogP contribution in [-0.4, -0.2) is 43.4 Å². The van der Waals surface area contributed by atoms with E-state index < -0.39 is 0 Å². The molecule has 1 fully saturated rings. The highest BCUT2D eigenvalue weighted by Crippen LogP contribution is 2.20. The van der Waals surface area contributed by atoms with Crippen LogP contribution < -0.4 is 0 Å². The van der Waals surface area contributed by atoms with E-state index in [9.17, 15) is 0 Å². The summed E-state index contributed by atoms with van der Waals surface area (Å²) in [7, 11) is 0. The van der Waals surface area contributed by atoms with E-state index in [0.717, 1.165) is 6.61 Å². The minimum atomic E-state index is 0.557. The molecule has 1 unspecified atom stereocenters. The summed E-state index contributed by atoms with van der Waals surface area (Å²) >= 11 is 0. The van der Waals surface area contributed by atoms with Gasteiger partial charge in [-0.1, -0.05) is 45.8 Å². The molecule has 1 saturated heterocycles. The fourth-order valence-electron chi connectivity index (χ4n) is 3.26. The number of unbranched alkanes of at least 4 members (excludes halogenated alkanes) is 3. The van der Waals surface area contributed by atoms with Crippen LogP contribution in [0.5, 0.6) is 0 Å². The zero-order chi connectivity index (χ0) is 14.7. The molecule has 0 amide bonds. The summed E-state index contributed by atoms with van der Waals surface area (Å²) in [6, 6.07) is 0. The third-order valence-electron chi connectivity index (χ3n) is 4.30. The molecule has 0 radical (unpaired) electrons. The van der Waals surface area contributed by atoms with Gasteiger partial charge in [-0.2, -0.15) is 0 Å². The predicted octanol–water partition coefficient (Wildman–Crippen LogP) is 4.55. The Balaban J connectivity index is 2.33. The van der Waals surface area contributed by atoms with Crippen LogP contribution in [0.3, 0.4) is 0 Å².